The summed E-state index contributed by atoms with van der Waals surface area (Å²) in [5.74, 6) is 0.321. The number of rotatable bonds is 5. The van der Waals surface area contributed by atoms with Crippen molar-refractivity contribution < 1.29 is 19.1 Å². The van der Waals surface area contributed by atoms with E-state index >= 15 is 0 Å². The van der Waals surface area contributed by atoms with Crippen molar-refractivity contribution in [3.8, 4) is 11.5 Å². The van der Waals surface area contributed by atoms with Gasteiger partial charge in [-0.15, -0.1) is 0 Å². The van der Waals surface area contributed by atoms with E-state index in [-0.39, 0.29) is 18.2 Å². The molecule has 1 aliphatic heterocycles. The summed E-state index contributed by atoms with van der Waals surface area (Å²) in [6.07, 6.45) is 0.143. The van der Waals surface area contributed by atoms with Gasteiger partial charge >= 0.3 is 0 Å². The Morgan fingerprint density at radius 2 is 1.88 bits per heavy atom. The molecule has 1 N–H and O–H groups in total. The molecule has 3 rings (SSSR count). The Hall–Kier alpha value is -2.73. The molecule has 0 spiro atoms. The van der Waals surface area contributed by atoms with Gasteiger partial charge in [0, 0.05) is 18.7 Å². The predicted molar refractivity (Wildman–Crippen MR) is 100 cm³/mol. The second kappa shape index (κ2) is 7.66. The lowest BCUT2D eigenvalue weighted by atomic mass is 10.1. The molecule has 0 saturated carbocycles. The molecule has 6 nitrogen and oxygen atoms in total. The van der Waals surface area contributed by atoms with Crippen molar-refractivity contribution >= 4 is 34.8 Å². The number of ether oxygens (including phenoxy) is 2. The van der Waals surface area contributed by atoms with Crippen LogP contribution >= 0.6 is 11.6 Å². The molecule has 1 unspecified atom stereocenters. The zero-order valence-electron chi connectivity index (χ0n) is 14.5. The first-order valence-corrected chi connectivity index (χ1v) is 8.49. The fourth-order valence-corrected chi connectivity index (χ4v) is 3.19. The highest BCUT2D eigenvalue weighted by molar-refractivity contribution is 6.32. The van der Waals surface area contributed by atoms with Crippen LogP contribution in [0.3, 0.4) is 0 Å². The molecule has 2 aromatic carbocycles. The van der Waals surface area contributed by atoms with Gasteiger partial charge in [-0.1, -0.05) is 23.7 Å². The monoisotopic (exact) mass is 374 g/mol. The van der Waals surface area contributed by atoms with Crippen LogP contribution in [-0.2, 0) is 9.59 Å². The molecular weight excluding hydrogens is 356 g/mol. The van der Waals surface area contributed by atoms with Gasteiger partial charge in [-0.25, -0.2) is 0 Å². The van der Waals surface area contributed by atoms with Crippen molar-refractivity contribution in [2.75, 3.05) is 31.0 Å². The number of anilines is 2. The maximum absolute atomic E-state index is 12.6. The molecule has 1 fully saturated rings. The molecule has 1 saturated heterocycles. The number of nitrogens with one attached hydrogen (secondary N) is 1. The number of methoxy groups -OCH3 is 2. The Labute approximate surface area is 156 Å². The van der Waals surface area contributed by atoms with Gasteiger partial charge in [-0.3, -0.25) is 9.59 Å². The Morgan fingerprint density at radius 1 is 1.15 bits per heavy atom. The number of para-hydroxylation sites is 2. The Kier molecular flexibility index (Phi) is 5.32. The van der Waals surface area contributed by atoms with Crippen LogP contribution in [0.2, 0.25) is 5.02 Å². The van der Waals surface area contributed by atoms with Crippen LogP contribution in [-0.4, -0.2) is 32.6 Å². The SMILES string of the molecule is COc1ccc(N2CC(C(=O)Nc3ccccc3OC)CC2=O)cc1Cl. The lowest BCUT2D eigenvalue weighted by Gasteiger charge is -2.18. The van der Waals surface area contributed by atoms with Crippen LogP contribution in [0.1, 0.15) is 6.42 Å². The first-order valence-electron chi connectivity index (χ1n) is 8.11. The highest BCUT2D eigenvalue weighted by atomic mass is 35.5. The van der Waals surface area contributed by atoms with Crippen molar-refractivity contribution in [2.45, 2.75) is 6.42 Å². The Bertz CT molecular complexity index is 840. The normalized spacial score (nSPS) is 16.5. The maximum atomic E-state index is 12.6. The van der Waals surface area contributed by atoms with E-state index in [9.17, 15) is 9.59 Å². The summed E-state index contributed by atoms with van der Waals surface area (Å²) in [7, 11) is 3.07. The Morgan fingerprint density at radius 3 is 2.58 bits per heavy atom. The summed E-state index contributed by atoms with van der Waals surface area (Å²) in [4.78, 5) is 26.5. The lowest BCUT2D eigenvalue weighted by Crippen LogP contribution is -2.28. The van der Waals surface area contributed by atoms with Crippen LogP contribution in [0.25, 0.3) is 0 Å². The average Bonchev–Trinajstić information content (AvgIpc) is 3.04. The van der Waals surface area contributed by atoms with Gasteiger partial charge in [0.2, 0.25) is 11.8 Å². The number of benzene rings is 2. The standard InChI is InChI=1S/C19H19ClN2O4/c1-25-16-8-7-13(10-14(16)20)22-11-12(9-18(22)23)19(24)21-15-5-3-4-6-17(15)26-2/h3-8,10,12H,9,11H2,1-2H3,(H,21,24). The van der Waals surface area contributed by atoms with Crippen molar-refractivity contribution in [1.29, 1.82) is 0 Å². The third-order valence-electron chi connectivity index (χ3n) is 4.31. The van der Waals surface area contributed by atoms with Gasteiger partial charge in [0.25, 0.3) is 0 Å². The first-order chi connectivity index (χ1) is 12.5. The average molecular weight is 375 g/mol. The minimum absolute atomic E-state index is 0.119. The smallest absolute Gasteiger partial charge is 0.229 e. The second-order valence-corrected chi connectivity index (χ2v) is 6.32. The van der Waals surface area contributed by atoms with Crippen LogP contribution in [0.4, 0.5) is 11.4 Å². The second-order valence-electron chi connectivity index (χ2n) is 5.91. The summed E-state index contributed by atoms with van der Waals surface area (Å²) in [5.41, 5.74) is 1.23. The molecule has 1 heterocycles. The molecule has 0 radical (unpaired) electrons. The van der Waals surface area contributed by atoms with E-state index in [2.05, 4.69) is 5.32 Å². The molecule has 7 heteroatoms. The molecule has 2 amide bonds. The Balaban J connectivity index is 1.73. The molecule has 0 aliphatic carbocycles. The number of halogens is 1. The molecule has 1 aliphatic rings. The first kappa shape index (κ1) is 18.1. The summed E-state index contributed by atoms with van der Waals surface area (Å²) in [5, 5.41) is 3.25. The number of hydrogen-bond acceptors (Lipinski definition) is 4. The van der Waals surface area contributed by atoms with Crippen molar-refractivity contribution in [1.82, 2.24) is 0 Å². The summed E-state index contributed by atoms with van der Waals surface area (Å²) in [6.45, 7) is 0.294. The van der Waals surface area contributed by atoms with E-state index in [0.717, 1.165) is 0 Å². The van der Waals surface area contributed by atoms with Crippen molar-refractivity contribution in [3.63, 3.8) is 0 Å². The third-order valence-corrected chi connectivity index (χ3v) is 4.60. The van der Waals surface area contributed by atoms with Gasteiger partial charge in [-0.05, 0) is 30.3 Å². The van der Waals surface area contributed by atoms with Gasteiger partial charge in [0.05, 0.1) is 30.8 Å². The fourth-order valence-electron chi connectivity index (χ4n) is 2.94. The van der Waals surface area contributed by atoms with Gasteiger partial charge in [-0.2, -0.15) is 0 Å². The van der Waals surface area contributed by atoms with Gasteiger partial charge < -0.3 is 19.7 Å². The van der Waals surface area contributed by atoms with E-state index in [1.54, 1.807) is 42.3 Å². The molecule has 2 aromatic rings. The third kappa shape index (κ3) is 3.60. The number of hydrogen-bond donors (Lipinski definition) is 1. The number of nitrogens with zero attached hydrogens (tertiary/aromatic N) is 1. The summed E-state index contributed by atoms with van der Waals surface area (Å²) in [6, 6.07) is 12.3. The van der Waals surface area contributed by atoms with Crippen LogP contribution in [0.5, 0.6) is 11.5 Å². The van der Waals surface area contributed by atoms with E-state index in [1.165, 1.54) is 7.11 Å². The minimum atomic E-state index is -0.451. The highest BCUT2D eigenvalue weighted by Gasteiger charge is 2.35. The predicted octanol–water partition coefficient (Wildman–Crippen LogP) is 3.35. The molecule has 1 atom stereocenters. The van der Waals surface area contributed by atoms with Gasteiger partial charge in [0.1, 0.15) is 11.5 Å². The fraction of sp³-hybridized carbons (Fsp3) is 0.263. The van der Waals surface area contributed by atoms with E-state index in [1.807, 2.05) is 12.1 Å². The van der Waals surface area contributed by atoms with E-state index in [4.69, 9.17) is 21.1 Å². The maximum Gasteiger partial charge on any atom is 0.229 e. The molecule has 0 bridgehead atoms. The number of amides is 2. The van der Waals surface area contributed by atoms with Crippen molar-refractivity contribution in [3.05, 3.63) is 47.5 Å². The minimum Gasteiger partial charge on any atom is -0.495 e. The van der Waals surface area contributed by atoms with Gasteiger partial charge in [0.15, 0.2) is 0 Å². The number of carbonyl (C=O) groups is 2. The largest absolute Gasteiger partial charge is 0.495 e. The summed E-state index contributed by atoms with van der Waals surface area (Å²) < 4.78 is 10.4. The van der Waals surface area contributed by atoms with E-state index < -0.39 is 5.92 Å². The summed E-state index contributed by atoms with van der Waals surface area (Å²) >= 11 is 6.14. The molecule has 26 heavy (non-hydrogen) atoms. The van der Waals surface area contributed by atoms with Crippen LogP contribution < -0.4 is 19.7 Å². The van der Waals surface area contributed by atoms with E-state index in [0.29, 0.717) is 34.4 Å². The zero-order chi connectivity index (χ0) is 18.7. The highest BCUT2D eigenvalue weighted by Crippen LogP contribution is 2.33. The molecule has 136 valence electrons. The molecule has 0 aromatic heterocycles. The number of carbonyl (C=O) groups excluding carboxylic acids is 2. The zero-order valence-corrected chi connectivity index (χ0v) is 15.2. The van der Waals surface area contributed by atoms with Crippen molar-refractivity contribution in [2.24, 2.45) is 5.92 Å². The quantitative estimate of drug-likeness (QED) is 0.871. The van der Waals surface area contributed by atoms with Crippen LogP contribution in [0.15, 0.2) is 42.5 Å². The van der Waals surface area contributed by atoms with Crippen LogP contribution in [0, 0.1) is 5.92 Å². The lowest BCUT2D eigenvalue weighted by molar-refractivity contribution is -0.122. The molecular formula is C19H19ClN2O4. The topological polar surface area (TPSA) is 67.9 Å².